The molecule has 2 aromatic carbocycles. The van der Waals surface area contributed by atoms with Crippen molar-refractivity contribution in [3.63, 3.8) is 0 Å². The van der Waals surface area contributed by atoms with Gasteiger partial charge in [-0.2, -0.15) is 15.4 Å². The number of halogens is 1. The van der Waals surface area contributed by atoms with Crippen molar-refractivity contribution >= 4 is 21.8 Å². The van der Waals surface area contributed by atoms with Gasteiger partial charge in [-0.3, -0.25) is 4.79 Å². The maximum Gasteiger partial charge on any atom is 0.271 e. The summed E-state index contributed by atoms with van der Waals surface area (Å²) < 4.78 is 6.87. The van der Waals surface area contributed by atoms with Crippen LogP contribution < -0.4 is 10.5 Å². The highest BCUT2D eigenvalue weighted by molar-refractivity contribution is 9.10. The summed E-state index contributed by atoms with van der Waals surface area (Å²) >= 11 is 3.43. The van der Waals surface area contributed by atoms with Crippen LogP contribution in [0.4, 0.5) is 0 Å². The van der Waals surface area contributed by atoms with Gasteiger partial charge in [0.15, 0.2) is 5.69 Å². The lowest BCUT2D eigenvalue weighted by atomic mass is 10.1. The number of ether oxygens (including phenoxy) is 1. The third-order valence-electron chi connectivity index (χ3n) is 3.21. The molecule has 0 saturated heterocycles. The topological polar surface area (TPSA) is 93.9 Å². The van der Waals surface area contributed by atoms with E-state index in [0.29, 0.717) is 23.6 Å². The first-order valence-corrected chi connectivity index (χ1v) is 7.61. The number of carbonyl (C=O) groups excluding carboxylic acids is 1. The highest BCUT2D eigenvalue weighted by Gasteiger charge is 2.18. The fourth-order valence-electron chi connectivity index (χ4n) is 2.17. The Bertz CT molecular complexity index is 847. The molecule has 1 amide bonds. The number of nitrogens with two attached hydrogens (primary N) is 1. The SMILES string of the molecule is NC(=O)c1n[nH]nc1-c1ccccc1OCc1cccc(Br)c1. The maximum atomic E-state index is 11.4. The minimum atomic E-state index is -0.643. The second kappa shape index (κ2) is 6.62. The van der Waals surface area contributed by atoms with Crippen LogP contribution in [0.25, 0.3) is 11.3 Å². The van der Waals surface area contributed by atoms with Crippen molar-refractivity contribution < 1.29 is 9.53 Å². The molecular formula is C16H13BrN4O2. The third-order valence-corrected chi connectivity index (χ3v) is 3.70. The van der Waals surface area contributed by atoms with E-state index in [1.807, 2.05) is 42.5 Å². The lowest BCUT2D eigenvalue weighted by Gasteiger charge is -2.10. The van der Waals surface area contributed by atoms with E-state index in [-0.39, 0.29) is 5.69 Å². The molecule has 0 radical (unpaired) electrons. The zero-order valence-electron chi connectivity index (χ0n) is 12.0. The summed E-state index contributed by atoms with van der Waals surface area (Å²) in [5, 5.41) is 10.2. The number of benzene rings is 2. The summed E-state index contributed by atoms with van der Waals surface area (Å²) in [7, 11) is 0. The summed E-state index contributed by atoms with van der Waals surface area (Å²) in [6.45, 7) is 0.389. The number of hydrogen-bond donors (Lipinski definition) is 2. The van der Waals surface area contributed by atoms with E-state index in [2.05, 4.69) is 31.3 Å². The molecule has 0 unspecified atom stereocenters. The van der Waals surface area contributed by atoms with Crippen molar-refractivity contribution in [3.05, 3.63) is 64.3 Å². The number of nitrogens with one attached hydrogen (secondary N) is 1. The first-order valence-electron chi connectivity index (χ1n) is 6.82. The van der Waals surface area contributed by atoms with Crippen LogP contribution in [0.5, 0.6) is 5.75 Å². The van der Waals surface area contributed by atoms with Gasteiger partial charge in [0, 0.05) is 10.0 Å². The Kier molecular flexibility index (Phi) is 4.38. The summed E-state index contributed by atoms with van der Waals surface area (Å²) in [5.41, 5.74) is 7.46. The summed E-state index contributed by atoms with van der Waals surface area (Å²) in [6.07, 6.45) is 0. The maximum absolute atomic E-state index is 11.4. The first-order chi connectivity index (χ1) is 11.1. The van der Waals surface area contributed by atoms with Gasteiger partial charge < -0.3 is 10.5 Å². The van der Waals surface area contributed by atoms with Crippen molar-refractivity contribution in [1.82, 2.24) is 15.4 Å². The summed E-state index contributed by atoms with van der Waals surface area (Å²) in [5.74, 6) is -0.0422. The molecule has 1 heterocycles. The molecule has 0 bridgehead atoms. The third kappa shape index (κ3) is 3.40. The van der Waals surface area contributed by atoms with E-state index >= 15 is 0 Å². The smallest absolute Gasteiger partial charge is 0.271 e. The fourth-order valence-corrected chi connectivity index (χ4v) is 2.61. The van der Waals surface area contributed by atoms with E-state index in [0.717, 1.165) is 10.0 Å². The second-order valence-electron chi connectivity index (χ2n) is 4.80. The monoisotopic (exact) mass is 372 g/mol. The molecule has 23 heavy (non-hydrogen) atoms. The lowest BCUT2D eigenvalue weighted by molar-refractivity contribution is 0.0996. The number of aromatic nitrogens is 3. The van der Waals surface area contributed by atoms with E-state index < -0.39 is 5.91 Å². The molecule has 3 rings (SSSR count). The van der Waals surface area contributed by atoms with Crippen LogP contribution in [0.1, 0.15) is 16.1 Å². The summed E-state index contributed by atoms with van der Waals surface area (Å²) in [6, 6.07) is 15.1. The van der Waals surface area contributed by atoms with Crippen LogP contribution in [0.2, 0.25) is 0 Å². The number of amides is 1. The van der Waals surface area contributed by atoms with Crippen molar-refractivity contribution in [3.8, 4) is 17.0 Å². The van der Waals surface area contributed by atoms with Crippen LogP contribution in [-0.4, -0.2) is 21.3 Å². The molecule has 0 aliphatic rings. The van der Waals surface area contributed by atoms with Crippen molar-refractivity contribution in [2.24, 2.45) is 5.73 Å². The molecular weight excluding hydrogens is 360 g/mol. The number of H-pyrrole nitrogens is 1. The minimum Gasteiger partial charge on any atom is -0.488 e. The normalized spacial score (nSPS) is 10.5. The van der Waals surface area contributed by atoms with Crippen LogP contribution >= 0.6 is 15.9 Å². The number of hydrogen-bond acceptors (Lipinski definition) is 4. The number of rotatable bonds is 5. The standard InChI is InChI=1S/C16H13BrN4O2/c17-11-5-3-4-10(8-11)9-23-13-7-2-1-6-12(13)14-15(16(18)22)20-21-19-14/h1-8H,9H2,(H2,18,22)(H,19,20,21). The molecule has 6 nitrogen and oxygen atoms in total. The molecule has 3 N–H and O–H groups in total. The van der Waals surface area contributed by atoms with Crippen molar-refractivity contribution in [2.45, 2.75) is 6.61 Å². The largest absolute Gasteiger partial charge is 0.488 e. The predicted octanol–water partition coefficient (Wildman–Crippen LogP) is 2.91. The van der Waals surface area contributed by atoms with Gasteiger partial charge in [-0.05, 0) is 29.8 Å². The Morgan fingerprint density at radius 2 is 2.00 bits per heavy atom. The van der Waals surface area contributed by atoms with Crippen molar-refractivity contribution in [1.29, 1.82) is 0 Å². The number of para-hydroxylation sites is 1. The van der Waals surface area contributed by atoms with Crippen LogP contribution in [-0.2, 0) is 6.61 Å². The molecule has 0 saturated carbocycles. The van der Waals surface area contributed by atoms with Gasteiger partial charge in [0.2, 0.25) is 0 Å². The van der Waals surface area contributed by atoms with E-state index in [1.54, 1.807) is 6.07 Å². The summed E-state index contributed by atoms with van der Waals surface area (Å²) in [4.78, 5) is 11.4. The number of carbonyl (C=O) groups is 1. The van der Waals surface area contributed by atoms with Gasteiger partial charge in [0.05, 0.1) is 0 Å². The molecule has 3 aromatic rings. The minimum absolute atomic E-state index is 0.0866. The average Bonchev–Trinajstić information content (AvgIpc) is 3.03. The van der Waals surface area contributed by atoms with Gasteiger partial charge in [0.25, 0.3) is 5.91 Å². The Labute approximate surface area is 140 Å². The molecule has 0 spiro atoms. The zero-order valence-corrected chi connectivity index (χ0v) is 13.6. The van der Waals surface area contributed by atoms with E-state index in [4.69, 9.17) is 10.5 Å². The molecule has 0 atom stereocenters. The number of primary amides is 1. The molecule has 0 fully saturated rings. The number of nitrogens with zero attached hydrogens (tertiary/aromatic N) is 2. The van der Waals surface area contributed by atoms with E-state index in [9.17, 15) is 4.79 Å². The quantitative estimate of drug-likeness (QED) is 0.719. The van der Waals surface area contributed by atoms with Crippen LogP contribution in [0, 0.1) is 0 Å². The number of aromatic amines is 1. The molecule has 116 valence electrons. The van der Waals surface area contributed by atoms with Crippen LogP contribution in [0.3, 0.4) is 0 Å². The fraction of sp³-hybridized carbons (Fsp3) is 0.0625. The average molecular weight is 373 g/mol. The Balaban J connectivity index is 1.89. The van der Waals surface area contributed by atoms with Gasteiger partial charge in [-0.25, -0.2) is 0 Å². The molecule has 0 aliphatic heterocycles. The predicted molar refractivity (Wildman–Crippen MR) is 88.8 cm³/mol. The zero-order chi connectivity index (χ0) is 16.2. The second-order valence-corrected chi connectivity index (χ2v) is 5.72. The Morgan fingerprint density at radius 3 is 2.78 bits per heavy atom. The van der Waals surface area contributed by atoms with Gasteiger partial charge >= 0.3 is 0 Å². The molecule has 7 heteroatoms. The van der Waals surface area contributed by atoms with E-state index in [1.165, 1.54) is 0 Å². The van der Waals surface area contributed by atoms with Gasteiger partial charge in [0.1, 0.15) is 18.1 Å². The Morgan fingerprint density at radius 1 is 1.17 bits per heavy atom. The van der Waals surface area contributed by atoms with Crippen LogP contribution in [0.15, 0.2) is 53.0 Å². The highest BCUT2D eigenvalue weighted by atomic mass is 79.9. The molecule has 1 aromatic heterocycles. The highest BCUT2D eigenvalue weighted by Crippen LogP contribution is 2.30. The first kappa shape index (κ1) is 15.2. The lowest BCUT2D eigenvalue weighted by Crippen LogP contribution is -2.13. The van der Waals surface area contributed by atoms with Gasteiger partial charge in [-0.15, -0.1) is 0 Å². The van der Waals surface area contributed by atoms with Crippen molar-refractivity contribution in [2.75, 3.05) is 0 Å². The van der Waals surface area contributed by atoms with Gasteiger partial charge in [-0.1, -0.05) is 40.2 Å². The Hall–Kier alpha value is -2.67. The molecule has 0 aliphatic carbocycles.